The fourth-order valence-corrected chi connectivity index (χ4v) is 1.54. The third-order valence-electron chi connectivity index (χ3n) is 2.36. The van der Waals surface area contributed by atoms with Crippen LogP contribution >= 0.6 is 0 Å². The second-order valence-electron chi connectivity index (χ2n) is 3.62. The van der Waals surface area contributed by atoms with E-state index in [1.165, 1.54) is 0 Å². The van der Waals surface area contributed by atoms with Crippen molar-refractivity contribution in [2.24, 2.45) is 0 Å². The smallest absolute Gasteiger partial charge is 0.303 e. The molecular formula is C10H18O4. The molecule has 4 nitrogen and oxygen atoms in total. The van der Waals surface area contributed by atoms with Gasteiger partial charge in [0.15, 0.2) is 0 Å². The zero-order valence-electron chi connectivity index (χ0n) is 8.41. The minimum Gasteiger partial charge on any atom is -0.481 e. The lowest BCUT2D eigenvalue weighted by Gasteiger charge is -2.05. The van der Waals surface area contributed by atoms with Crippen molar-refractivity contribution in [2.45, 2.75) is 44.6 Å². The fraction of sp³-hybridized carbons (Fsp3) is 0.900. The third kappa shape index (κ3) is 5.19. The molecule has 1 rings (SSSR count). The number of carboxylic acid groups (broad SMARTS) is 1. The Morgan fingerprint density at radius 3 is 2.71 bits per heavy atom. The molecule has 1 saturated heterocycles. The average molecular weight is 202 g/mol. The molecule has 0 spiro atoms. The summed E-state index contributed by atoms with van der Waals surface area (Å²) in [5.74, 6) is -0.697. The lowest BCUT2D eigenvalue weighted by Crippen LogP contribution is -2.08. The molecule has 1 aliphatic rings. The van der Waals surface area contributed by atoms with E-state index in [2.05, 4.69) is 0 Å². The van der Waals surface area contributed by atoms with Crippen LogP contribution in [0.2, 0.25) is 0 Å². The van der Waals surface area contributed by atoms with Gasteiger partial charge in [0.25, 0.3) is 0 Å². The topological polar surface area (TPSA) is 55.8 Å². The SMILES string of the molecule is O=C(O)CCCCCCC1COCO1. The van der Waals surface area contributed by atoms with Gasteiger partial charge in [-0.2, -0.15) is 0 Å². The van der Waals surface area contributed by atoms with Crippen LogP contribution in [0.15, 0.2) is 0 Å². The van der Waals surface area contributed by atoms with Gasteiger partial charge in [0.1, 0.15) is 6.79 Å². The first-order valence-corrected chi connectivity index (χ1v) is 5.20. The van der Waals surface area contributed by atoms with E-state index in [1.807, 2.05) is 0 Å². The van der Waals surface area contributed by atoms with Crippen LogP contribution in [0.1, 0.15) is 38.5 Å². The van der Waals surface area contributed by atoms with Crippen LogP contribution in [-0.2, 0) is 14.3 Å². The lowest BCUT2D eigenvalue weighted by molar-refractivity contribution is -0.137. The van der Waals surface area contributed by atoms with Gasteiger partial charge in [-0.05, 0) is 12.8 Å². The van der Waals surface area contributed by atoms with Crippen LogP contribution in [0.3, 0.4) is 0 Å². The van der Waals surface area contributed by atoms with Crippen LogP contribution in [0.25, 0.3) is 0 Å². The molecule has 1 atom stereocenters. The normalized spacial score (nSPS) is 21.3. The van der Waals surface area contributed by atoms with Crippen molar-refractivity contribution >= 4 is 5.97 Å². The Balaban J connectivity index is 1.82. The Kier molecular flexibility index (Phi) is 5.56. The zero-order chi connectivity index (χ0) is 10.2. The number of ether oxygens (including phenoxy) is 2. The van der Waals surface area contributed by atoms with E-state index < -0.39 is 5.97 Å². The number of hydrogen-bond donors (Lipinski definition) is 1. The molecule has 0 radical (unpaired) electrons. The first kappa shape index (κ1) is 11.5. The van der Waals surface area contributed by atoms with E-state index in [-0.39, 0.29) is 6.10 Å². The van der Waals surface area contributed by atoms with Gasteiger partial charge in [-0.15, -0.1) is 0 Å². The molecule has 1 aliphatic heterocycles. The van der Waals surface area contributed by atoms with Gasteiger partial charge in [-0.1, -0.05) is 19.3 Å². The summed E-state index contributed by atoms with van der Waals surface area (Å²) < 4.78 is 10.3. The molecule has 0 aromatic heterocycles. The first-order chi connectivity index (χ1) is 6.79. The van der Waals surface area contributed by atoms with Crippen molar-refractivity contribution in [3.8, 4) is 0 Å². The predicted octanol–water partition coefficient (Wildman–Crippen LogP) is 1.78. The second kappa shape index (κ2) is 6.79. The largest absolute Gasteiger partial charge is 0.481 e. The molecule has 0 amide bonds. The van der Waals surface area contributed by atoms with Crippen molar-refractivity contribution in [2.75, 3.05) is 13.4 Å². The first-order valence-electron chi connectivity index (χ1n) is 5.20. The molecule has 1 fully saturated rings. The van der Waals surface area contributed by atoms with E-state index in [9.17, 15) is 4.79 Å². The Morgan fingerprint density at radius 2 is 2.07 bits per heavy atom. The van der Waals surface area contributed by atoms with Gasteiger partial charge in [0.05, 0.1) is 12.7 Å². The highest BCUT2D eigenvalue weighted by atomic mass is 16.7. The monoisotopic (exact) mass is 202 g/mol. The summed E-state index contributed by atoms with van der Waals surface area (Å²) >= 11 is 0. The number of carboxylic acids is 1. The molecule has 4 heteroatoms. The molecular weight excluding hydrogens is 184 g/mol. The Hall–Kier alpha value is -0.610. The predicted molar refractivity (Wildman–Crippen MR) is 51.0 cm³/mol. The maximum Gasteiger partial charge on any atom is 0.303 e. The molecule has 1 heterocycles. The number of unbranched alkanes of at least 4 members (excludes halogenated alkanes) is 3. The van der Waals surface area contributed by atoms with Gasteiger partial charge in [0.2, 0.25) is 0 Å². The molecule has 0 saturated carbocycles. The standard InChI is InChI=1S/C10H18O4/c11-10(12)6-4-2-1-3-5-9-7-13-8-14-9/h9H,1-8H2,(H,11,12). The highest BCUT2D eigenvalue weighted by molar-refractivity contribution is 5.66. The van der Waals surface area contributed by atoms with Crippen molar-refractivity contribution < 1.29 is 19.4 Å². The van der Waals surface area contributed by atoms with Crippen LogP contribution < -0.4 is 0 Å². The van der Waals surface area contributed by atoms with Crippen molar-refractivity contribution in [3.63, 3.8) is 0 Å². The van der Waals surface area contributed by atoms with Crippen LogP contribution in [0.5, 0.6) is 0 Å². The highest BCUT2D eigenvalue weighted by Crippen LogP contribution is 2.13. The van der Waals surface area contributed by atoms with Gasteiger partial charge >= 0.3 is 5.97 Å². The zero-order valence-corrected chi connectivity index (χ0v) is 8.41. The number of rotatable bonds is 7. The summed E-state index contributed by atoms with van der Waals surface area (Å²) in [5.41, 5.74) is 0. The summed E-state index contributed by atoms with van der Waals surface area (Å²) in [6.07, 6.45) is 5.59. The van der Waals surface area contributed by atoms with E-state index in [4.69, 9.17) is 14.6 Å². The molecule has 0 aliphatic carbocycles. The van der Waals surface area contributed by atoms with Gasteiger partial charge < -0.3 is 14.6 Å². The summed E-state index contributed by atoms with van der Waals surface area (Å²) in [6.45, 7) is 1.15. The number of aliphatic carboxylic acids is 1. The maximum absolute atomic E-state index is 10.2. The quantitative estimate of drug-likeness (QED) is 0.639. The van der Waals surface area contributed by atoms with Crippen LogP contribution in [-0.4, -0.2) is 30.6 Å². The Bertz CT molecular complexity index is 164. The molecule has 0 bridgehead atoms. The van der Waals surface area contributed by atoms with E-state index in [0.29, 0.717) is 13.2 Å². The van der Waals surface area contributed by atoms with E-state index in [0.717, 1.165) is 38.7 Å². The Morgan fingerprint density at radius 1 is 1.29 bits per heavy atom. The van der Waals surface area contributed by atoms with Gasteiger partial charge in [-0.25, -0.2) is 0 Å². The summed E-state index contributed by atoms with van der Waals surface area (Å²) in [4.78, 5) is 10.2. The molecule has 0 aromatic carbocycles. The minimum absolute atomic E-state index is 0.273. The third-order valence-corrected chi connectivity index (χ3v) is 2.36. The summed E-state index contributed by atoms with van der Waals surface area (Å²) in [7, 11) is 0. The molecule has 1 N–H and O–H groups in total. The van der Waals surface area contributed by atoms with Crippen molar-refractivity contribution in [1.29, 1.82) is 0 Å². The van der Waals surface area contributed by atoms with Gasteiger partial charge in [-0.3, -0.25) is 4.79 Å². The Labute approximate surface area is 84.2 Å². The van der Waals surface area contributed by atoms with Crippen molar-refractivity contribution in [1.82, 2.24) is 0 Å². The van der Waals surface area contributed by atoms with Crippen LogP contribution in [0.4, 0.5) is 0 Å². The minimum atomic E-state index is -0.697. The number of carbonyl (C=O) groups is 1. The van der Waals surface area contributed by atoms with E-state index in [1.54, 1.807) is 0 Å². The van der Waals surface area contributed by atoms with Crippen LogP contribution in [0, 0.1) is 0 Å². The fourth-order valence-electron chi connectivity index (χ4n) is 1.54. The number of hydrogen-bond acceptors (Lipinski definition) is 3. The van der Waals surface area contributed by atoms with Gasteiger partial charge in [0, 0.05) is 6.42 Å². The molecule has 82 valence electrons. The molecule has 14 heavy (non-hydrogen) atoms. The molecule has 1 unspecified atom stereocenters. The van der Waals surface area contributed by atoms with E-state index >= 15 is 0 Å². The van der Waals surface area contributed by atoms with Crippen molar-refractivity contribution in [3.05, 3.63) is 0 Å². The molecule has 0 aromatic rings. The second-order valence-corrected chi connectivity index (χ2v) is 3.62. The summed E-state index contributed by atoms with van der Waals surface area (Å²) in [5, 5.41) is 8.41. The highest BCUT2D eigenvalue weighted by Gasteiger charge is 2.14. The lowest BCUT2D eigenvalue weighted by atomic mass is 10.1. The summed E-state index contributed by atoms with van der Waals surface area (Å²) in [6, 6.07) is 0. The average Bonchev–Trinajstić information content (AvgIpc) is 2.63. The maximum atomic E-state index is 10.2.